The number of hydrogen-bond acceptors (Lipinski definition) is 2. The van der Waals surface area contributed by atoms with E-state index in [2.05, 4.69) is 135 Å². The predicted molar refractivity (Wildman–Crippen MR) is 163 cm³/mol. The number of aromatic nitrogens is 2. The molecule has 0 radical (unpaired) electrons. The van der Waals surface area contributed by atoms with E-state index in [1.54, 1.807) is 0 Å². The molecule has 0 fully saturated rings. The number of benzene rings is 6. The first-order valence-corrected chi connectivity index (χ1v) is 13.5. The van der Waals surface area contributed by atoms with Gasteiger partial charge in [-0.25, -0.2) is 9.97 Å². The summed E-state index contributed by atoms with van der Waals surface area (Å²) < 4.78 is 0. The minimum Gasteiger partial charge on any atom is -0.227 e. The van der Waals surface area contributed by atoms with Crippen LogP contribution < -0.4 is 0 Å². The van der Waals surface area contributed by atoms with Crippen molar-refractivity contribution < 1.29 is 0 Å². The Labute approximate surface area is 227 Å². The highest BCUT2D eigenvalue weighted by Gasteiger charge is 2.36. The fourth-order valence-corrected chi connectivity index (χ4v) is 6.56. The smallest absolute Gasteiger partial charge is 0.161 e. The highest BCUT2D eigenvalue weighted by atomic mass is 14.9. The zero-order chi connectivity index (χ0) is 26.1. The molecule has 0 saturated carbocycles. The summed E-state index contributed by atoms with van der Waals surface area (Å²) in [7, 11) is 0. The van der Waals surface area contributed by atoms with Crippen LogP contribution in [0.5, 0.6) is 0 Å². The molecule has 184 valence electrons. The van der Waals surface area contributed by atoms with Gasteiger partial charge >= 0.3 is 0 Å². The fourth-order valence-electron chi connectivity index (χ4n) is 6.56. The van der Waals surface area contributed by atoms with Crippen molar-refractivity contribution in [1.82, 2.24) is 9.97 Å². The van der Waals surface area contributed by atoms with Gasteiger partial charge in [-0.05, 0) is 39.1 Å². The van der Waals surface area contributed by atoms with Crippen molar-refractivity contribution in [3.05, 3.63) is 132 Å². The summed E-state index contributed by atoms with van der Waals surface area (Å²) in [6.07, 6.45) is 0. The third-order valence-corrected chi connectivity index (χ3v) is 8.47. The second-order valence-electron chi connectivity index (χ2n) is 11.0. The molecule has 8 rings (SSSR count). The van der Waals surface area contributed by atoms with Gasteiger partial charge in [0.05, 0.1) is 11.2 Å². The molecule has 6 aromatic carbocycles. The molecule has 0 aliphatic heterocycles. The van der Waals surface area contributed by atoms with Crippen molar-refractivity contribution in [3.63, 3.8) is 0 Å². The zero-order valence-electron chi connectivity index (χ0n) is 21.9. The molecule has 0 amide bonds. The van der Waals surface area contributed by atoms with Crippen molar-refractivity contribution in [2.75, 3.05) is 0 Å². The Balaban J connectivity index is 1.52. The molecule has 7 aromatic rings. The van der Waals surface area contributed by atoms with Crippen LogP contribution in [0.4, 0.5) is 0 Å². The first-order valence-electron chi connectivity index (χ1n) is 13.5. The van der Waals surface area contributed by atoms with Crippen LogP contribution in [0.2, 0.25) is 0 Å². The van der Waals surface area contributed by atoms with Crippen LogP contribution in [0.1, 0.15) is 25.0 Å². The number of hydrogen-bond donors (Lipinski definition) is 0. The maximum Gasteiger partial charge on any atom is 0.161 e. The van der Waals surface area contributed by atoms with E-state index >= 15 is 0 Å². The van der Waals surface area contributed by atoms with Gasteiger partial charge in [0, 0.05) is 32.7 Å². The van der Waals surface area contributed by atoms with Crippen molar-refractivity contribution >= 4 is 32.4 Å². The van der Waals surface area contributed by atoms with Gasteiger partial charge in [0.15, 0.2) is 5.82 Å². The Bertz CT molecular complexity index is 2090. The molecule has 1 aliphatic carbocycles. The first-order chi connectivity index (χ1) is 19.1. The van der Waals surface area contributed by atoms with E-state index in [9.17, 15) is 0 Å². The van der Waals surface area contributed by atoms with Crippen LogP contribution in [-0.4, -0.2) is 9.97 Å². The summed E-state index contributed by atoms with van der Waals surface area (Å²) in [4.78, 5) is 10.6. The van der Waals surface area contributed by atoms with E-state index in [0.29, 0.717) is 0 Å². The zero-order valence-corrected chi connectivity index (χ0v) is 21.9. The number of rotatable bonds is 2. The van der Waals surface area contributed by atoms with Gasteiger partial charge in [0.1, 0.15) is 0 Å². The molecule has 2 heteroatoms. The van der Waals surface area contributed by atoms with Gasteiger partial charge in [-0.1, -0.05) is 129 Å². The van der Waals surface area contributed by atoms with E-state index in [4.69, 9.17) is 9.97 Å². The Morgan fingerprint density at radius 2 is 1.23 bits per heavy atom. The summed E-state index contributed by atoms with van der Waals surface area (Å²) in [5.41, 5.74) is 9.41. The lowest BCUT2D eigenvalue weighted by molar-refractivity contribution is 0.661. The molecule has 1 heterocycles. The normalized spacial score (nSPS) is 13.6. The van der Waals surface area contributed by atoms with Crippen molar-refractivity contribution in [2.45, 2.75) is 19.3 Å². The second kappa shape index (κ2) is 8.09. The second-order valence-corrected chi connectivity index (χ2v) is 11.0. The van der Waals surface area contributed by atoms with Crippen LogP contribution in [0.15, 0.2) is 121 Å². The Morgan fingerprint density at radius 3 is 2.13 bits per heavy atom. The maximum absolute atomic E-state index is 5.32. The van der Waals surface area contributed by atoms with Gasteiger partial charge in [-0.3, -0.25) is 0 Å². The Hall–Kier alpha value is -4.82. The third kappa shape index (κ3) is 3.15. The Morgan fingerprint density at radius 1 is 0.513 bits per heavy atom. The number of nitrogens with zero attached hydrogens (tertiary/aromatic N) is 2. The monoisotopic (exact) mass is 498 g/mol. The lowest BCUT2D eigenvalue weighted by Gasteiger charge is -2.21. The molecule has 39 heavy (non-hydrogen) atoms. The first kappa shape index (κ1) is 22.2. The van der Waals surface area contributed by atoms with E-state index in [0.717, 1.165) is 38.9 Å². The summed E-state index contributed by atoms with van der Waals surface area (Å²) in [5.74, 6) is 0.763. The maximum atomic E-state index is 5.32. The van der Waals surface area contributed by atoms with Crippen LogP contribution in [0.3, 0.4) is 0 Å². The van der Waals surface area contributed by atoms with Gasteiger partial charge in [-0.2, -0.15) is 0 Å². The molecule has 1 aromatic heterocycles. The summed E-state index contributed by atoms with van der Waals surface area (Å²) >= 11 is 0. The minimum absolute atomic E-state index is 0.0666. The molecule has 1 aliphatic rings. The highest BCUT2D eigenvalue weighted by molar-refractivity contribution is 6.12. The quantitative estimate of drug-likeness (QED) is 0.222. The summed E-state index contributed by atoms with van der Waals surface area (Å²) in [5, 5.41) is 5.84. The lowest BCUT2D eigenvalue weighted by Crippen LogP contribution is -2.14. The van der Waals surface area contributed by atoms with Gasteiger partial charge in [0.2, 0.25) is 0 Å². The molecule has 2 nitrogen and oxygen atoms in total. The van der Waals surface area contributed by atoms with E-state index in [-0.39, 0.29) is 5.41 Å². The SMILES string of the molecule is CC1(C)c2ccccc2-c2c1ccc1cccc(-c3nc(-c4ccccc4)c4ccc5ccccc5c4n3)c21. The predicted octanol–water partition coefficient (Wildman–Crippen LogP) is 9.58. The van der Waals surface area contributed by atoms with E-state index in [1.807, 2.05) is 0 Å². The average Bonchev–Trinajstić information content (AvgIpc) is 3.23. The standard InChI is InChI=1S/C37H26N2/c1-37(2)30-18-9-8-16-27(30)33-31(37)22-20-24-14-10-17-28(32(24)33)36-38-34(25-12-4-3-5-13-25)29-21-19-23-11-6-7-15-26(23)35(29)39-36/h3-22H,1-2H3. The summed E-state index contributed by atoms with van der Waals surface area (Å²) in [6, 6.07) is 43.3. The molecular weight excluding hydrogens is 472 g/mol. The minimum atomic E-state index is -0.0666. The number of fused-ring (bicyclic) bond motifs is 8. The molecule has 0 unspecified atom stereocenters. The van der Waals surface area contributed by atoms with E-state index in [1.165, 1.54) is 38.4 Å². The van der Waals surface area contributed by atoms with Gasteiger partial charge in [0.25, 0.3) is 0 Å². The van der Waals surface area contributed by atoms with Crippen LogP contribution in [0, 0.1) is 0 Å². The third-order valence-electron chi connectivity index (χ3n) is 8.47. The van der Waals surface area contributed by atoms with Crippen molar-refractivity contribution in [3.8, 4) is 33.8 Å². The molecule has 0 spiro atoms. The molecule has 0 atom stereocenters. The van der Waals surface area contributed by atoms with Crippen molar-refractivity contribution in [1.29, 1.82) is 0 Å². The average molecular weight is 499 g/mol. The van der Waals surface area contributed by atoms with Crippen LogP contribution >= 0.6 is 0 Å². The van der Waals surface area contributed by atoms with Crippen LogP contribution in [0.25, 0.3) is 66.2 Å². The summed E-state index contributed by atoms with van der Waals surface area (Å²) in [6.45, 7) is 4.66. The molecule has 0 N–H and O–H groups in total. The Kier molecular flexibility index (Phi) is 4.60. The van der Waals surface area contributed by atoms with Gasteiger partial charge in [-0.15, -0.1) is 0 Å². The fraction of sp³-hybridized carbons (Fsp3) is 0.0811. The van der Waals surface area contributed by atoms with Crippen LogP contribution in [-0.2, 0) is 5.41 Å². The molecule has 0 bridgehead atoms. The largest absolute Gasteiger partial charge is 0.227 e. The lowest BCUT2D eigenvalue weighted by atomic mass is 9.82. The topological polar surface area (TPSA) is 25.8 Å². The highest BCUT2D eigenvalue weighted by Crippen LogP contribution is 2.52. The molecular formula is C37H26N2. The van der Waals surface area contributed by atoms with Gasteiger partial charge < -0.3 is 0 Å². The molecule has 0 saturated heterocycles. The van der Waals surface area contributed by atoms with E-state index < -0.39 is 0 Å². The van der Waals surface area contributed by atoms with Crippen molar-refractivity contribution in [2.24, 2.45) is 0 Å².